The minimum absolute atomic E-state index is 0.0543. The zero-order valence-electron chi connectivity index (χ0n) is 15.0. The summed E-state index contributed by atoms with van der Waals surface area (Å²) in [5.74, 6) is -1.34. The standard InChI is InChI=1S/C20H20F3NO3/c1-3-17(14-6-4-13(2)5-7-14)24-18(25)12-27-19(26)15-8-10-16(11-9-15)20(21,22)23/h4-11,17H,3,12H2,1-2H3,(H,24,25)/t17-/m1/s1. The molecule has 1 N–H and O–H groups in total. The van der Waals surface area contributed by atoms with Crippen molar-refractivity contribution in [2.75, 3.05) is 6.61 Å². The Morgan fingerprint density at radius 2 is 1.63 bits per heavy atom. The fraction of sp³-hybridized carbons (Fsp3) is 0.300. The molecule has 0 bridgehead atoms. The molecule has 0 saturated carbocycles. The second-order valence-electron chi connectivity index (χ2n) is 6.09. The van der Waals surface area contributed by atoms with Crippen molar-refractivity contribution >= 4 is 11.9 Å². The number of esters is 1. The highest BCUT2D eigenvalue weighted by Gasteiger charge is 2.30. The molecule has 2 aromatic rings. The van der Waals surface area contributed by atoms with E-state index in [0.29, 0.717) is 6.42 Å². The summed E-state index contributed by atoms with van der Waals surface area (Å²) in [6.07, 6.45) is -3.82. The molecular weight excluding hydrogens is 359 g/mol. The van der Waals surface area contributed by atoms with Crippen molar-refractivity contribution in [1.29, 1.82) is 0 Å². The summed E-state index contributed by atoms with van der Waals surface area (Å²) < 4.78 is 42.5. The molecule has 27 heavy (non-hydrogen) atoms. The Hall–Kier alpha value is -2.83. The number of carbonyl (C=O) groups is 2. The third-order valence-corrected chi connectivity index (χ3v) is 4.01. The molecule has 0 fully saturated rings. The number of ether oxygens (including phenoxy) is 1. The van der Waals surface area contributed by atoms with Crippen LogP contribution in [0.3, 0.4) is 0 Å². The van der Waals surface area contributed by atoms with Crippen molar-refractivity contribution in [1.82, 2.24) is 5.32 Å². The molecule has 0 unspecified atom stereocenters. The van der Waals surface area contributed by atoms with Gasteiger partial charge in [-0.15, -0.1) is 0 Å². The Bertz CT molecular complexity index is 784. The Labute approximate surface area is 155 Å². The second-order valence-corrected chi connectivity index (χ2v) is 6.09. The lowest BCUT2D eigenvalue weighted by atomic mass is 10.0. The summed E-state index contributed by atoms with van der Waals surface area (Å²) >= 11 is 0. The molecule has 0 aliphatic rings. The number of hydrogen-bond acceptors (Lipinski definition) is 3. The fourth-order valence-electron chi connectivity index (χ4n) is 2.47. The number of aryl methyl sites for hydroxylation is 1. The molecule has 7 heteroatoms. The van der Waals surface area contributed by atoms with Gasteiger partial charge in [0, 0.05) is 0 Å². The molecule has 2 aromatic carbocycles. The van der Waals surface area contributed by atoms with Crippen LogP contribution in [0.5, 0.6) is 0 Å². The number of rotatable bonds is 6. The van der Waals surface area contributed by atoms with Crippen molar-refractivity contribution in [3.63, 3.8) is 0 Å². The van der Waals surface area contributed by atoms with Gasteiger partial charge >= 0.3 is 12.1 Å². The van der Waals surface area contributed by atoms with Crippen LogP contribution in [0.15, 0.2) is 48.5 Å². The molecule has 0 heterocycles. The highest BCUT2D eigenvalue weighted by molar-refractivity contribution is 5.91. The SMILES string of the molecule is CC[C@@H](NC(=O)COC(=O)c1ccc(C(F)(F)F)cc1)c1ccc(C)cc1. The van der Waals surface area contributed by atoms with Crippen LogP contribution in [0, 0.1) is 6.92 Å². The first-order valence-electron chi connectivity index (χ1n) is 8.41. The predicted molar refractivity (Wildman–Crippen MR) is 94.1 cm³/mol. The first-order chi connectivity index (χ1) is 12.7. The van der Waals surface area contributed by atoms with Crippen LogP contribution in [0.2, 0.25) is 0 Å². The van der Waals surface area contributed by atoms with Crippen molar-refractivity contribution < 1.29 is 27.5 Å². The lowest BCUT2D eigenvalue weighted by molar-refractivity contribution is -0.137. The number of alkyl halides is 3. The Balaban J connectivity index is 1.90. The van der Waals surface area contributed by atoms with E-state index in [1.54, 1.807) is 0 Å². The third kappa shape index (κ3) is 5.84. The van der Waals surface area contributed by atoms with E-state index >= 15 is 0 Å². The van der Waals surface area contributed by atoms with E-state index in [2.05, 4.69) is 5.32 Å². The van der Waals surface area contributed by atoms with E-state index in [4.69, 9.17) is 4.74 Å². The van der Waals surface area contributed by atoms with E-state index in [0.717, 1.165) is 35.4 Å². The molecule has 0 aliphatic heterocycles. The van der Waals surface area contributed by atoms with E-state index in [-0.39, 0.29) is 11.6 Å². The topological polar surface area (TPSA) is 55.4 Å². The van der Waals surface area contributed by atoms with E-state index in [1.165, 1.54) is 0 Å². The maximum atomic E-state index is 12.5. The number of halogens is 3. The minimum Gasteiger partial charge on any atom is -0.452 e. The van der Waals surface area contributed by atoms with Gasteiger partial charge in [0.15, 0.2) is 6.61 Å². The molecule has 144 valence electrons. The number of carbonyl (C=O) groups excluding carboxylic acids is 2. The Kier molecular flexibility index (Phi) is 6.60. The predicted octanol–water partition coefficient (Wildman–Crippen LogP) is 4.44. The fourth-order valence-corrected chi connectivity index (χ4v) is 2.47. The van der Waals surface area contributed by atoms with Gasteiger partial charge in [0.2, 0.25) is 0 Å². The van der Waals surface area contributed by atoms with Gasteiger partial charge in [-0.05, 0) is 43.2 Å². The van der Waals surface area contributed by atoms with Gasteiger partial charge in [-0.3, -0.25) is 4.79 Å². The summed E-state index contributed by atoms with van der Waals surface area (Å²) in [6, 6.07) is 11.1. The first-order valence-corrected chi connectivity index (χ1v) is 8.41. The zero-order chi connectivity index (χ0) is 20.0. The van der Waals surface area contributed by atoms with E-state index < -0.39 is 30.2 Å². The van der Waals surface area contributed by atoms with Crippen molar-refractivity contribution in [2.45, 2.75) is 32.5 Å². The molecule has 0 aromatic heterocycles. The average Bonchev–Trinajstić information content (AvgIpc) is 2.64. The van der Waals surface area contributed by atoms with Crippen LogP contribution in [-0.4, -0.2) is 18.5 Å². The monoisotopic (exact) mass is 379 g/mol. The largest absolute Gasteiger partial charge is 0.452 e. The summed E-state index contributed by atoms with van der Waals surface area (Å²) in [7, 11) is 0. The quantitative estimate of drug-likeness (QED) is 0.755. The van der Waals surface area contributed by atoms with Crippen molar-refractivity contribution in [2.24, 2.45) is 0 Å². The molecule has 0 spiro atoms. The van der Waals surface area contributed by atoms with Crippen LogP contribution < -0.4 is 5.32 Å². The number of nitrogens with one attached hydrogen (secondary N) is 1. The lowest BCUT2D eigenvalue weighted by Crippen LogP contribution is -2.32. The molecule has 0 radical (unpaired) electrons. The molecule has 4 nitrogen and oxygen atoms in total. The number of amides is 1. The maximum absolute atomic E-state index is 12.5. The van der Waals surface area contributed by atoms with Gasteiger partial charge in [-0.2, -0.15) is 13.2 Å². The first kappa shape index (κ1) is 20.5. The molecule has 0 saturated heterocycles. The van der Waals surface area contributed by atoms with Gasteiger partial charge in [0.05, 0.1) is 17.2 Å². The van der Waals surface area contributed by atoms with Crippen molar-refractivity contribution in [3.8, 4) is 0 Å². The van der Waals surface area contributed by atoms with Gasteiger partial charge in [0.1, 0.15) is 0 Å². The average molecular weight is 379 g/mol. The van der Waals surface area contributed by atoms with Crippen LogP contribution >= 0.6 is 0 Å². The molecule has 0 aliphatic carbocycles. The van der Waals surface area contributed by atoms with E-state index in [1.807, 2.05) is 38.1 Å². The van der Waals surface area contributed by atoms with Gasteiger partial charge < -0.3 is 10.1 Å². The summed E-state index contributed by atoms with van der Waals surface area (Å²) in [5, 5.41) is 2.77. The van der Waals surface area contributed by atoms with Gasteiger partial charge in [-0.1, -0.05) is 36.8 Å². The Morgan fingerprint density at radius 1 is 1.04 bits per heavy atom. The van der Waals surface area contributed by atoms with Crippen LogP contribution in [-0.2, 0) is 15.7 Å². The normalized spacial score (nSPS) is 12.3. The van der Waals surface area contributed by atoms with Gasteiger partial charge in [0.25, 0.3) is 5.91 Å². The summed E-state index contributed by atoms with van der Waals surface area (Å²) in [6.45, 7) is 3.37. The maximum Gasteiger partial charge on any atom is 0.416 e. The molecule has 1 atom stereocenters. The number of hydrogen-bond donors (Lipinski definition) is 1. The second kappa shape index (κ2) is 8.70. The smallest absolute Gasteiger partial charge is 0.416 e. The number of benzene rings is 2. The van der Waals surface area contributed by atoms with Gasteiger partial charge in [-0.25, -0.2) is 4.79 Å². The lowest BCUT2D eigenvalue weighted by Gasteiger charge is -2.17. The summed E-state index contributed by atoms with van der Waals surface area (Å²) in [4.78, 5) is 23.9. The highest BCUT2D eigenvalue weighted by atomic mass is 19.4. The minimum atomic E-state index is -4.48. The van der Waals surface area contributed by atoms with Crippen molar-refractivity contribution in [3.05, 3.63) is 70.8 Å². The summed E-state index contributed by atoms with van der Waals surface area (Å²) in [5.41, 5.74) is 1.12. The van der Waals surface area contributed by atoms with E-state index in [9.17, 15) is 22.8 Å². The van der Waals surface area contributed by atoms with Crippen LogP contribution in [0.1, 0.15) is 46.4 Å². The third-order valence-electron chi connectivity index (χ3n) is 4.01. The highest BCUT2D eigenvalue weighted by Crippen LogP contribution is 2.29. The molecule has 1 amide bonds. The zero-order valence-corrected chi connectivity index (χ0v) is 15.0. The molecular formula is C20H20F3NO3. The van der Waals surface area contributed by atoms with Crippen LogP contribution in [0.25, 0.3) is 0 Å². The molecule has 2 rings (SSSR count). The Morgan fingerprint density at radius 3 is 2.15 bits per heavy atom. The van der Waals surface area contributed by atoms with Crippen LogP contribution in [0.4, 0.5) is 13.2 Å².